The van der Waals surface area contributed by atoms with E-state index in [1.807, 2.05) is 0 Å². The summed E-state index contributed by atoms with van der Waals surface area (Å²) < 4.78 is 0. The molecule has 17 heavy (non-hydrogen) atoms. The van der Waals surface area contributed by atoms with Gasteiger partial charge in [0, 0.05) is 17.9 Å². The number of Topliss-reactive ketones (excluding diaryl/α,β-unsaturated/α-hetero) is 1. The summed E-state index contributed by atoms with van der Waals surface area (Å²) in [6.45, 7) is 1.17. The predicted octanol–water partition coefficient (Wildman–Crippen LogP) is 0.248. The fourth-order valence-corrected chi connectivity index (χ4v) is 1.58. The van der Waals surface area contributed by atoms with Gasteiger partial charge in [-0.1, -0.05) is 6.07 Å². The van der Waals surface area contributed by atoms with Crippen molar-refractivity contribution in [2.75, 3.05) is 12.3 Å². The first kappa shape index (κ1) is 13.6. The lowest BCUT2D eigenvalue weighted by atomic mass is 9.98. The van der Waals surface area contributed by atoms with Gasteiger partial charge in [0.15, 0.2) is 5.78 Å². The highest BCUT2D eigenvalue weighted by atomic mass is 16.3. The number of anilines is 1. The van der Waals surface area contributed by atoms with E-state index in [4.69, 9.17) is 10.8 Å². The SMILES string of the molecule is CC(=O)c1cc(C(O)C(O)CCO)ccc1N. The highest BCUT2D eigenvalue weighted by molar-refractivity contribution is 5.99. The van der Waals surface area contributed by atoms with Gasteiger partial charge < -0.3 is 21.1 Å². The Bertz CT molecular complexity index is 405. The van der Waals surface area contributed by atoms with Crippen LogP contribution in [0.2, 0.25) is 0 Å². The molecule has 5 heteroatoms. The summed E-state index contributed by atoms with van der Waals surface area (Å²) in [7, 11) is 0. The quantitative estimate of drug-likeness (QED) is 0.435. The second-order valence-corrected chi connectivity index (χ2v) is 3.93. The molecule has 5 N–H and O–H groups in total. The molecule has 94 valence electrons. The Morgan fingerprint density at radius 2 is 2.06 bits per heavy atom. The van der Waals surface area contributed by atoms with Crippen molar-refractivity contribution in [3.63, 3.8) is 0 Å². The van der Waals surface area contributed by atoms with E-state index in [2.05, 4.69) is 0 Å². The van der Waals surface area contributed by atoms with Crippen LogP contribution < -0.4 is 5.73 Å². The Morgan fingerprint density at radius 1 is 1.41 bits per heavy atom. The third-order valence-electron chi connectivity index (χ3n) is 2.59. The van der Waals surface area contributed by atoms with Gasteiger partial charge in [-0.05, 0) is 31.0 Å². The minimum absolute atomic E-state index is 0.0704. The molecule has 1 rings (SSSR count). The van der Waals surface area contributed by atoms with Crippen molar-refractivity contribution in [1.29, 1.82) is 0 Å². The van der Waals surface area contributed by atoms with Gasteiger partial charge >= 0.3 is 0 Å². The molecule has 1 aromatic carbocycles. The number of benzene rings is 1. The molecular formula is C12H17NO4. The van der Waals surface area contributed by atoms with Crippen LogP contribution in [0.4, 0.5) is 5.69 Å². The number of nitrogen functional groups attached to an aromatic ring is 1. The highest BCUT2D eigenvalue weighted by Gasteiger charge is 2.19. The maximum Gasteiger partial charge on any atom is 0.161 e. The molecule has 0 radical (unpaired) electrons. The molecule has 0 heterocycles. The van der Waals surface area contributed by atoms with Crippen LogP contribution in [-0.2, 0) is 0 Å². The summed E-state index contributed by atoms with van der Waals surface area (Å²) >= 11 is 0. The fourth-order valence-electron chi connectivity index (χ4n) is 1.58. The van der Waals surface area contributed by atoms with Crippen LogP contribution in [0, 0.1) is 0 Å². The van der Waals surface area contributed by atoms with Crippen LogP contribution in [-0.4, -0.2) is 33.8 Å². The fraction of sp³-hybridized carbons (Fsp3) is 0.417. The zero-order valence-corrected chi connectivity index (χ0v) is 9.63. The number of aliphatic hydroxyl groups excluding tert-OH is 3. The molecule has 2 atom stereocenters. The number of hydrogen-bond donors (Lipinski definition) is 4. The van der Waals surface area contributed by atoms with Gasteiger partial charge in [-0.15, -0.1) is 0 Å². The van der Waals surface area contributed by atoms with E-state index >= 15 is 0 Å². The number of nitrogens with two attached hydrogens (primary N) is 1. The number of carbonyl (C=O) groups is 1. The van der Waals surface area contributed by atoms with E-state index in [0.29, 0.717) is 16.8 Å². The third-order valence-corrected chi connectivity index (χ3v) is 2.59. The number of hydrogen-bond acceptors (Lipinski definition) is 5. The van der Waals surface area contributed by atoms with E-state index < -0.39 is 12.2 Å². The summed E-state index contributed by atoms with van der Waals surface area (Å²) in [5.41, 5.74) is 6.68. The minimum Gasteiger partial charge on any atom is -0.398 e. The van der Waals surface area contributed by atoms with Crippen LogP contribution in [0.15, 0.2) is 18.2 Å². The summed E-state index contributed by atoms with van der Waals surface area (Å²) in [6, 6.07) is 4.52. The van der Waals surface area contributed by atoms with Gasteiger partial charge in [0.1, 0.15) is 6.10 Å². The number of carbonyl (C=O) groups excluding carboxylic acids is 1. The zero-order chi connectivity index (χ0) is 13.0. The molecule has 0 spiro atoms. The first-order chi connectivity index (χ1) is 7.97. The Labute approximate surface area is 99.5 Å². The van der Waals surface area contributed by atoms with Gasteiger partial charge in [-0.3, -0.25) is 4.79 Å². The molecule has 0 fully saturated rings. The van der Waals surface area contributed by atoms with Gasteiger partial charge in [-0.2, -0.15) is 0 Å². The molecule has 0 aliphatic heterocycles. The maximum atomic E-state index is 11.3. The molecule has 0 aliphatic rings. The summed E-state index contributed by atoms with van der Waals surface area (Å²) in [4.78, 5) is 11.3. The monoisotopic (exact) mass is 239 g/mol. The molecule has 0 bridgehead atoms. The second kappa shape index (κ2) is 5.77. The lowest BCUT2D eigenvalue weighted by Gasteiger charge is -2.18. The van der Waals surface area contributed by atoms with Crippen molar-refractivity contribution < 1.29 is 20.1 Å². The van der Waals surface area contributed by atoms with Gasteiger partial charge in [0.05, 0.1) is 6.10 Å². The number of ketones is 1. The van der Waals surface area contributed by atoms with Crippen LogP contribution in [0.25, 0.3) is 0 Å². The van der Waals surface area contributed by atoms with Crippen LogP contribution in [0.1, 0.15) is 35.4 Å². The summed E-state index contributed by atoms with van der Waals surface area (Å²) in [5.74, 6) is -0.201. The van der Waals surface area contributed by atoms with E-state index in [1.54, 1.807) is 6.07 Å². The lowest BCUT2D eigenvalue weighted by molar-refractivity contribution is 0.00419. The van der Waals surface area contributed by atoms with Crippen molar-refractivity contribution in [3.8, 4) is 0 Å². The smallest absolute Gasteiger partial charge is 0.161 e. The summed E-state index contributed by atoms with van der Waals surface area (Å²) in [5, 5.41) is 28.0. The standard InChI is InChI=1S/C12H17NO4/c1-7(15)9-6-8(2-3-10(9)13)12(17)11(16)4-5-14/h2-3,6,11-12,14,16-17H,4-5,13H2,1H3. The second-order valence-electron chi connectivity index (χ2n) is 3.93. The molecule has 2 unspecified atom stereocenters. The molecule has 5 nitrogen and oxygen atoms in total. The van der Waals surface area contributed by atoms with E-state index in [9.17, 15) is 15.0 Å². The Kier molecular flexibility index (Phi) is 4.62. The average molecular weight is 239 g/mol. The van der Waals surface area contributed by atoms with Crippen molar-refractivity contribution in [2.24, 2.45) is 0 Å². The molecule has 1 aromatic rings. The highest BCUT2D eigenvalue weighted by Crippen LogP contribution is 2.23. The molecule has 0 saturated heterocycles. The van der Waals surface area contributed by atoms with Crippen molar-refractivity contribution in [2.45, 2.75) is 25.6 Å². The van der Waals surface area contributed by atoms with Gasteiger partial charge in [-0.25, -0.2) is 0 Å². The van der Waals surface area contributed by atoms with Gasteiger partial charge in [0.2, 0.25) is 0 Å². The lowest BCUT2D eigenvalue weighted by Crippen LogP contribution is -2.20. The molecule has 0 amide bonds. The largest absolute Gasteiger partial charge is 0.398 e. The Morgan fingerprint density at radius 3 is 2.59 bits per heavy atom. The minimum atomic E-state index is -1.14. The van der Waals surface area contributed by atoms with E-state index in [1.165, 1.54) is 19.1 Å². The van der Waals surface area contributed by atoms with Crippen molar-refractivity contribution >= 4 is 11.5 Å². The van der Waals surface area contributed by atoms with Gasteiger partial charge in [0.25, 0.3) is 0 Å². The Balaban J connectivity index is 2.99. The maximum absolute atomic E-state index is 11.3. The van der Waals surface area contributed by atoms with Crippen LogP contribution in [0.3, 0.4) is 0 Å². The van der Waals surface area contributed by atoms with Crippen molar-refractivity contribution in [3.05, 3.63) is 29.3 Å². The molecule has 0 aromatic heterocycles. The van der Waals surface area contributed by atoms with Crippen LogP contribution in [0.5, 0.6) is 0 Å². The first-order valence-corrected chi connectivity index (χ1v) is 5.34. The van der Waals surface area contributed by atoms with Crippen LogP contribution >= 0.6 is 0 Å². The number of rotatable bonds is 5. The normalized spacial score (nSPS) is 14.4. The predicted molar refractivity (Wildman–Crippen MR) is 63.5 cm³/mol. The number of aliphatic hydroxyl groups is 3. The Hall–Kier alpha value is -1.43. The molecular weight excluding hydrogens is 222 g/mol. The topological polar surface area (TPSA) is 104 Å². The van der Waals surface area contributed by atoms with Crippen molar-refractivity contribution in [1.82, 2.24) is 0 Å². The molecule has 0 aliphatic carbocycles. The first-order valence-electron chi connectivity index (χ1n) is 5.34. The summed E-state index contributed by atoms with van der Waals surface area (Å²) in [6.07, 6.45) is -2.13. The zero-order valence-electron chi connectivity index (χ0n) is 9.63. The average Bonchev–Trinajstić information content (AvgIpc) is 2.28. The molecule has 0 saturated carbocycles. The van der Waals surface area contributed by atoms with E-state index in [0.717, 1.165) is 0 Å². The van der Waals surface area contributed by atoms with E-state index in [-0.39, 0.29) is 18.8 Å². The third kappa shape index (κ3) is 3.26.